The molecule has 0 bridgehead atoms. The van der Waals surface area contributed by atoms with Crippen molar-refractivity contribution >= 4 is 0 Å². The van der Waals surface area contributed by atoms with Crippen LogP contribution in [-0.4, -0.2) is 17.4 Å². The van der Waals surface area contributed by atoms with E-state index in [0.717, 1.165) is 5.57 Å². The van der Waals surface area contributed by atoms with Gasteiger partial charge >= 0.3 is 6.18 Å². The number of alkyl halides is 3. The third-order valence-corrected chi connectivity index (χ3v) is 3.22. The standard InChI is InChI=1S/C12H19F3O/c1-8(2)7-11(16)9-3-5-10(6-4-9)12(13,14)15/h7,9-11,16H,3-6H2,1-2H3. The fourth-order valence-corrected chi connectivity index (χ4v) is 2.27. The first kappa shape index (κ1) is 13.6. The van der Waals surface area contributed by atoms with E-state index in [2.05, 4.69) is 0 Å². The average molecular weight is 236 g/mol. The van der Waals surface area contributed by atoms with E-state index in [-0.39, 0.29) is 18.8 Å². The van der Waals surface area contributed by atoms with Crippen molar-refractivity contribution < 1.29 is 18.3 Å². The number of aliphatic hydroxyl groups is 1. The van der Waals surface area contributed by atoms with Crippen molar-refractivity contribution in [2.24, 2.45) is 11.8 Å². The van der Waals surface area contributed by atoms with Crippen LogP contribution in [0, 0.1) is 11.8 Å². The molecule has 94 valence electrons. The molecule has 1 unspecified atom stereocenters. The van der Waals surface area contributed by atoms with Crippen LogP contribution in [-0.2, 0) is 0 Å². The number of hydrogen-bond donors (Lipinski definition) is 1. The Morgan fingerprint density at radius 2 is 1.69 bits per heavy atom. The Balaban J connectivity index is 2.46. The summed E-state index contributed by atoms with van der Waals surface area (Å²) in [7, 11) is 0. The van der Waals surface area contributed by atoms with E-state index in [4.69, 9.17) is 0 Å². The molecule has 1 aliphatic carbocycles. The Bertz CT molecular complexity index is 245. The molecule has 0 spiro atoms. The predicted molar refractivity (Wildman–Crippen MR) is 56.9 cm³/mol. The van der Waals surface area contributed by atoms with Gasteiger partial charge in [0.05, 0.1) is 12.0 Å². The van der Waals surface area contributed by atoms with Crippen molar-refractivity contribution in [2.75, 3.05) is 0 Å². The summed E-state index contributed by atoms with van der Waals surface area (Å²) in [6, 6.07) is 0. The molecule has 0 aromatic carbocycles. The quantitative estimate of drug-likeness (QED) is 0.725. The van der Waals surface area contributed by atoms with Crippen molar-refractivity contribution in [3.63, 3.8) is 0 Å². The lowest BCUT2D eigenvalue weighted by atomic mass is 9.79. The second-order valence-electron chi connectivity index (χ2n) is 4.89. The number of aliphatic hydroxyl groups excluding tert-OH is 1. The molecule has 1 N–H and O–H groups in total. The second kappa shape index (κ2) is 5.21. The van der Waals surface area contributed by atoms with E-state index in [0.29, 0.717) is 12.8 Å². The highest BCUT2D eigenvalue weighted by molar-refractivity contribution is 5.00. The van der Waals surface area contributed by atoms with Gasteiger partial charge in [0.2, 0.25) is 0 Å². The van der Waals surface area contributed by atoms with Gasteiger partial charge in [0.15, 0.2) is 0 Å². The zero-order chi connectivity index (χ0) is 12.3. The first-order chi connectivity index (χ1) is 7.30. The Morgan fingerprint density at radius 3 is 2.06 bits per heavy atom. The summed E-state index contributed by atoms with van der Waals surface area (Å²) in [4.78, 5) is 0. The van der Waals surface area contributed by atoms with Crippen LogP contribution in [0.3, 0.4) is 0 Å². The molecule has 1 rings (SSSR count). The van der Waals surface area contributed by atoms with E-state index in [1.165, 1.54) is 0 Å². The maximum atomic E-state index is 12.4. The Hall–Kier alpha value is -0.510. The van der Waals surface area contributed by atoms with Crippen LogP contribution in [0.15, 0.2) is 11.6 Å². The average Bonchev–Trinajstić information content (AvgIpc) is 2.15. The molecule has 4 heteroatoms. The largest absolute Gasteiger partial charge is 0.391 e. The number of allylic oxidation sites excluding steroid dienone is 1. The third kappa shape index (κ3) is 3.81. The summed E-state index contributed by atoms with van der Waals surface area (Å²) in [5.74, 6) is -1.17. The van der Waals surface area contributed by atoms with Gasteiger partial charge in [-0.1, -0.05) is 11.6 Å². The van der Waals surface area contributed by atoms with Gasteiger partial charge in [0.1, 0.15) is 0 Å². The lowest BCUT2D eigenvalue weighted by Crippen LogP contribution is -2.31. The van der Waals surface area contributed by atoms with Crippen LogP contribution >= 0.6 is 0 Å². The number of halogens is 3. The zero-order valence-electron chi connectivity index (χ0n) is 9.72. The molecule has 16 heavy (non-hydrogen) atoms. The maximum absolute atomic E-state index is 12.4. The minimum absolute atomic E-state index is 0.00602. The third-order valence-electron chi connectivity index (χ3n) is 3.22. The van der Waals surface area contributed by atoms with Crippen molar-refractivity contribution in [3.05, 3.63) is 11.6 Å². The molecule has 0 aromatic rings. The van der Waals surface area contributed by atoms with Crippen LogP contribution < -0.4 is 0 Å². The van der Waals surface area contributed by atoms with Gasteiger partial charge in [0, 0.05) is 0 Å². The number of rotatable bonds is 2. The van der Waals surface area contributed by atoms with Gasteiger partial charge in [-0.15, -0.1) is 0 Å². The summed E-state index contributed by atoms with van der Waals surface area (Å²) < 4.78 is 37.2. The highest BCUT2D eigenvalue weighted by Gasteiger charge is 2.42. The van der Waals surface area contributed by atoms with Crippen molar-refractivity contribution in [1.82, 2.24) is 0 Å². The van der Waals surface area contributed by atoms with E-state index < -0.39 is 18.2 Å². The van der Waals surface area contributed by atoms with Crippen molar-refractivity contribution in [3.8, 4) is 0 Å². The van der Waals surface area contributed by atoms with Gasteiger partial charge < -0.3 is 5.11 Å². The van der Waals surface area contributed by atoms with Crippen LogP contribution in [0.2, 0.25) is 0 Å². The van der Waals surface area contributed by atoms with Crippen LogP contribution in [0.5, 0.6) is 0 Å². The molecule has 1 atom stereocenters. The topological polar surface area (TPSA) is 20.2 Å². The normalized spacial score (nSPS) is 28.6. The smallest absolute Gasteiger partial charge is 0.389 e. The molecular weight excluding hydrogens is 217 g/mol. The molecule has 1 saturated carbocycles. The van der Waals surface area contributed by atoms with E-state index in [1.54, 1.807) is 6.08 Å². The van der Waals surface area contributed by atoms with Crippen molar-refractivity contribution in [1.29, 1.82) is 0 Å². The molecule has 1 aliphatic rings. The molecule has 0 radical (unpaired) electrons. The minimum atomic E-state index is -4.06. The SMILES string of the molecule is CC(C)=CC(O)C1CCC(C(F)(F)F)CC1. The molecule has 1 nitrogen and oxygen atoms in total. The van der Waals surface area contributed by atoms with E-state index >= 15 is 0 Å². The van der Waals surface area contributed by atoms with Gasteiger partial charge in [-0.2, -0.15) is 13.2 Å². The Kier molecular flexibility index (Phi) is 4.42. The van der Waals surface area contributed by atoms with E-state index in [9.17, 15) is 18.3 Å². The molecular formula is C12H19F3O. The summed E-state index contributed by atoms with van der Waals surface area (Å²) >= 11 is 0. The minimum Gasteiger partial charge on any atom is -0.389 e. The Morgan fingerprint density at radius 1 is 1.19 bits per heavy atom. The van der Waals surface area contributed by atoms with Gasteiger partial charge in [-0.05, 0) is 45.4 Å². The van der Waals surface area contributed by atoms with Gasteiger partial charge in [0.25, 0.3) is 0 Å². The lowest BCUT2D eigenvalue weighted by Gasteiger charge is -2.31. The van der Waals surface area contributed by atoms with Crippen LogP contribution in [0.4, 0.5) is 13.2 Å². The summed E-state index contributed by atoms with van der Waals surface area (Å²) in [6.07, 6.45) is -1.67. The van der Waals surface area contributed by atoms with Crippen LogP contribution in [0.25, 0.3) is 0 Å². The molecule has 0 saturated heterocycles. The molecule has 1 fully saturated rings. The summed E-state index contributed by atoms with van der Waals surface area (Å²) in [6.45, 7) is 3.76. The Labute approximate surface area is 94.3 Å². The van der Waals surface area contributed by atoms with Crippen molar-refractivity contribution in [2.45, 2.75) is 51.8 Å². The van der Waals surface area contributed by atoms with Gasteiger partial charge in [-0.25, -0.2) is 0 Å². The zero-order valence-corrected chi connectivity index (χ0v) is 9.72. The molecule has 0 aromatic heterocycles. The molecule has 0 amide bonds. The number of hydrogen-bond acceptors (Lipinski definition) is 1. The fourth-order valence-electron chi connectivity index (χ4n) is 2.27. The molecule has 0 heterocycles. The monoisotopic (exact) mass is 236 g/mol. The predicted octanol–water partition coefficient (Wildman–Crippen LogP) is 3.68. The first-order valence-corrected chi connectivity index (χ1v) is 5.70. The fraction of sp³-hybridized carbons (Fsp3) is 0.833. The first-order valence-electron chi connectivity index (χ1n) is 5.70. The summed E-state index contributed by atoms with van der Waals surface area (Å²) in [5.41, 5.74) is 1.01. The summed E-state index contributed by atoms with van der Waals surface area (Å²) in [5, 5.41) is 9.78. The van der Waals surface area contributed by atoms with Crippen LogP contribution in [0.1, 0.15) is 39.5 Å². The highest BCUT2D eigenvalue weighted by atomic mass is 19.4. The van der Waals surface area contributed by atoms with Gasteiger partial charge in [-0.3, -0.25) is 0 Å². The maximum Gasteiger partial charge on any atom is 0.391 e. The lowest BCUT2D eigenvalue weighted by molar-refractivity contribution is -0.185. The highest BCUT2D eigenvalue weighted by Crippen LogP contribution is 2.40. The molecule has 0 aliphatic heterocycles. The second-order valence-corrected chi connectivity index (χ2v) is 4.89. The van der Waals surface area contributed by atoms with E-state index in [1.807, 2.05) is 13.8 Å².